The summed E-state index contributed by atoms with van der Waals surface area (Å²) in [7, 11) is 0. The van der Waals surface area contributed by atoms with E-state index in [0.29, 0.717) is 18.1 Å². The molecule has 0 aliphatic heterocycles. The maximum absolute atomic E-state index is 11.5. The molecule has 0 spiro atoms. The smallest absolute Gasteiger partial charge is 0.273 e. The van der Waals surface area contributed by atoms with Gasteiger partial charge in [0, 0.05) is 11.9 Å². The van der Waals surface area contributed by atoms with E-state index in [1.807, 2.05) is 20.8 Å². The third kappa shape index (κ3) is 4.08. The van der Waals surface area contributed by atoms with Crippen LogP contribution in [0.3, 0.4) is 0 Å². The molecule has 4 nitrogen and oxygen atoms in total. The number of hydrogen-bond donors (Lipinski definition) is 1. The van der Waals surface area contributed by atoms with E-state index in [2.05, 4.69) is 10.5 Å². The summed E-state index contributed by atoms with van der Waals surface area (Å²) in [4.78, 5) is 20.5. The number of aryl methyl sites for hydroxylation is 1. The van der Waals surface area contributed by atoms with Crippen molar-refractivity contribution in [2.45, 2.75) is 20.8 Å². The second kappa shape index (κ2) is 5.46. The van der Waals surface area contributed by atoms with E-state index in [4.69, 9.17) is 4.84 Å². The monoisotopic (exact) mass is 208 g/mol. The lowest BCUT2D eigenvalue weighted by Gasteiger charge is -2.07. The molecule has 1 heterocycles. The fourth-order valence-corrected chi connectivity index (χ4v) is 0.935. The van der Waals surface area contributed by atoms with Gasteiger partial charge < -0.3 is 0 Å². The first-order chi connectivity index (χ1) is 7.09. The summed E-state index contributed by atoms with van der Waals surface area (Å²) in [5.74, 6) is 0.129. The number of carbonyl (C=O) groups excluding carboxylic acids is 1. The highest BCUT2D eigenvalue weighted by molar-refractivity contribution is 5.93. The predicted octanol–water partition coefficient (Wildman–Crippen LogP) is 1.71. The summed E-state index contributed by atoms with van der Waals surface area (Å²) >= 11 is 0. The first-order valence-electron chi connectivity index (χ1n) is 4.94. The summed E-state index contributed by atoms with van der Waals surface area (Å²) in [6.07, 6.45) is 1.53. The van der Waals surface area contributed by atoms with Gasteiger partial charge in [-0.15, -0.1) is 0 Å². The minimum Gasteiger partial charge on any atom is -0.273 e. The zero-order valence-corrected chi connectivity index (χ0v) is 9.28. The molecular weight excluding hydrogens is 192 g/mol. The van der Waals surface area contributed by atoms with Crippen LogP contribution >= 0.6 is 0 Å². The Labute approximate surface area is 89.6 Å². The SMILES string of the molecule is Cc1ccc(C(=O)NOCC(C)C)cn1. The maximum atomic E-state index is 11.5. The lowest BCUT2D eigenvalue weighted by molar-refractivity contribution is 0.0208. The van der Waals surface area contributed by atoms with Crippen LogP contribution in [0.1, 0.15) is 29.9 Å². The molecule has 0 unspecified atom stereocenters. The van der Waals surface area contributed by atoms with Crippen molar-refractivity contribution in [3.63, 3.8) is 0 Å². The first-order valence-corrected chi connectivity index (χ1v) is 4.94. The minimum absolute atomic E-state index is 0.261. The van der Waals surface area contributed by atoms with Crippen LogP contribution in [-0.4, -0.2) is 17.5 Å². The molecule has 1 aromatic heterocycles. The molecule has 1 N–H and O–H groups in total. The highest BCUT2D eigenvalue weighted by atomic mass is 16.6. The molecule has 4 heteroatoms. The Hall–Kier alpha value is -1.42. The number of nitrogens with zero attached hydrogens (tertiary/aromatic N) is 1. The summed E-state index contributed by atoms with van der Waals surface area (Å²) < 4.78 is 0. The van der Waals surface area contributed by atoms with Crippen molar-refractivity contribution < 1.29 is 9.63 Å². The van der Waals surface area contributed by atoms with Gasteiger partial charge in [0.1, 0.15) is 0 Å². The summed E-state index contributed by atoms with van der Waals surface area (Å²) in [6, 6.07) is 3.51. The molecule has 0 saturated heterocycles. The molecule has 82 valence electrons. The summed E-state index contributed by atoms with van der Waals surface area (Å²) in [6.45, 7) is 6.40. The summed E-state index contributed by atoms with van der Waals surface area (Å²) in [5, 5.41) is 0. The number of amides is 1. The zero-order chi connectivity index (χ0) is 11.3. The molecule has 0 bridgehead atoms. The third-order valence-electron chi connectivity index (χ3n) is 1.76. The van der Waals surface area contributed by atoms with Crippen LogP contribution in [-0.2, 0) is 4.84 Å². The Morgan fingerprint density at radius 2 is 2.27 bits per heavy atom. The van der Waals surface area contributed by atoms with E-state index < -0.39 is 0 Å². The quantitative estimate of drug-likeness (QED) is 0.766. The number of hydrogen-bond acceptors (Lipinski definition) is 3. The van der Waals surface area contributed by atoms with Crippen molar-refractivity contribution in [1.29, 1.82) is 0 Å². The zero-order valence-electron chi connectivity index (χ0n) is 9.28. The van der Waals surface area contributed by atoms with Crippen molar-refractivity contribution in [3.8, 4) is 0 Å². The molecule has 1 aromatic rings. The number of aromatic nitrogens is 1. The van der Waals surface area contributed by atoms with E-state index in [1.165, 1.54) is 6.20 Å². The Morgan fingerprint density at radius 3 is 2.80 bits per heavy atom. The van der Waals surface area contributed by atoms with Gasteiger partial charge in [0.2, 0.25) is 0 Å². The van der Waals surface area contributed by atoms with Gasteiger partial charge in [-0.1, -0.05) is 13.8 Å². The van der Waals surface area contributed by atoms with E-state index >= 15 is 0 Å². The molecule has 0 radical (unpaired) electrons. The molecular formula is C11H16N2O2. The normalized spacial score (nSPS) is 10.4. The molecule has 0 aliphatic rings. The van der Waals surface area contributed by atoms with E-state index in [9.17, 15) is 4.79 Å². The molecule has 0 atom stereocenters. The lowest BCUT2D eigenvalue weighted by atomic mass is 10.2. The van der Waals surface area contributed by atoms with Gasteiger partial charge in [-0.3, -0.25) is 14.6 Å². The number of rotatable bonds is 4. The van der Waals surface area contributed by atoms with Gasteiger partial charge in [0.05, 0.1) is 12.2 Å². The highest BCUT2D eigenvalue weighted by Crippen LogP contribution is 1.99. The Morgan fingerprint density at radius 1 is 1.53 bits per heavy atom. The van der Waals surface area contributed by atoms with Crippen molar-refractivity contribution in [2.24, 2.45) is 5.92 Å². The molecule has 0 aromatic carbocycles. The summed E-state index contributed by atoms with van der Waals surface area (Å²) in [5.41, 5.74) is 3.76. The lowest BCUT2D eigenvalue weighted by Crippen LogP contribution is -2.25. The number of pyridine rings is 1. The van der Waals surface area contributed by atoms with Crippen LogP contribution in [0.4, 0.5) is 0 Å². The topological polar surface area (TPSA) is 51.2 Å². The molecule has 0 aliphatic carbocycles. The van der Waals surface area contributed by atoms with Crippen LogP contribution in [0.5, 0.6) is 0 Å². The van der Waals surface area contributed by atoms with E-state index in [1.54, 1.807) is 12.1 Å². The number of nitrogens with one attached hydrogen (secondary N) is 1. The van der Waals surface area contributed by atoms with Gasteiger partial charge in [-0.25, -0.2) is 5.48 Å². The third-order valence-corrected chi connectivity index (χ3v) is 1.76. The van der Waals surface area contributed by atoms with Crippen LogP contribution in [0.15, 0.2) is 18.3 Å². The predicted molar refractivity (Wildman–Crippen MR) is 57.2 cm³/mol. The van der Waals surface area contributed by atoms with Crippen molar-refractivity contribution >= 4 is 5.91 Å². The standard InChI is InChI=1S/C11H16N2O2/c1-8(2)7-15-13-11(14)10-5-4-9(3)12-6-10/h4-6,8H,7H2,1-3H3,(H,13,14). The van der Waals surface area contributed by atoms with Crippen molar-refractivity contribution in [3.05, 3.63) is 29.6 Å². The van der Waals surface area contributed by atoms with Crippen LogP contribution < -0.4 is 5.48 Å². The second-order valence-corrected chi connectivity index (χ2v) is 3.82. The number of carbonyl (C=O) groups is 1. The van der Waals surface area contributed by atoms with Crippen molar-refractivity contribution in [1.82, 2.24) is 10.5 Å². The minimum atomic E-state index is -0.261. The molecule has 0 fully saturated rings. The van der Waals surface area contributed by atoms with Gasteiger partial charge in [-0.05, 0) is 25.0 Å². The Kier molecular flexibility index (Phi) is 4.24. The Bertz CT molecular complexity index is 320. The Balaban J connectivity index is 2.43. The van der Waals surface area contributed by atoms with Crippen LogP contribution in [0.25, 0.3) is 0 Å². The fourth-order valence-electron chi connectivity index (χ4n) is 0.935. The van der Waals surface area contributed by atoms with Gasteiger partial charge in [0.25, 0.3) is 5.91 Å². The van der Waals surface area contributed by atoms with Crippen LogP contribution in [0, 0.1) is 12.8 Å². The highest BCUT2D eigenvalue weighted by Gasteiger charge is 2.05. The number of hydroxylamine groups is 1. The average molecular weight is 208 g/mol. The largest absolute Gasteiger partial charge is 0.276 e. The first kappa shape index (κ1) is 11.7. The van der Waals surface area contributed by atoms with Gasteiger partial charge >= 0.3 is 0 Å². The van der Waals surface area contributed by atoms with Gasteiger partial charge in [-0.2, -0.15) is 0 Å². The second-order valence-electron chi connectivity index (χ2n) is 3.82. The van der Waals surface area contributed by atoms with Crippen molar-refractivity contribution in [2.75, 3.05) is 6.61 Å². The van der Waals surface area contributed by atoms with E-state index in [0.717, 1.165) is 5.69 Å². The molecule has 15 heavy (non-hydrogen) atoms. The average Bonchev–Trinajstić information content (AvgIpc) is 2.18. The van der Waals surface area contributed by atoms with Gasteiger partial charge in [0.15, 0.2) is 0 Å². The van der Waals surface area contributed by atoms with E-state index in [-0.39, 0.29) is 5.91 Å². The fraction of sp³-hybridized carbons (Fsp3) is 0.455. The molecule has 1 amide bonds. The molecule has 1 rings (SSSR count). The van der Waals surface area contributed by atoms with Crippen LogP contribution in [0.2, 0.25) is 0 Å². The maximum Gasteiger partial charge on any atom is 0.276 e. The molecule has 0 saturated carbocycles.